The van der Waals surface area contributed by atoms with E-state index in [-0.39, 0.29) is 0 Å². The second kappa shape index (κ2) is 14.6. The summed E-state index contributed by atoms with van der Waals surface area (Å²) >= 11 is 0. The Kier molecular flexibility index (Phi) is 14.3. The Balaban J connectivity index is 4.49. The van der Waals surface area contributed by atoms with Crippen molar-refractivity contribution in [2.75, 3.05) is 0 Å². The van der Waals surface area contributed by atoms with E-state index in [1.807, 2.05) is 0 Å². The first kappa shape index (κ1) is 24.5. The second-order valence-electron chi connectivity index (χ2n) is 9.42. The largest absolute Gasteiger partial charge is 0.103 e. The first-order valence-corrected chi connectivity index (χ1v) is 11.1. The average molecular weight is 349 g/mol. The highest BCUT2D eigenvalue weighted by Gasteiger charge is 2.12. The van der Waals surface area contributed by atoms with Gasteiger partial charge in [0.2, 0.25) is 0 Å². The minimum atomic E-state index is 0.598. The maximum absolute atomic E-state index is 3.95. The smallest absolute Gasteiger partial charge is 0.0230 e. The lowest BCUT2D eigenvalue weighted by molar-refractivity contribution is 0.423. The van der Waals surface area contributed by atoms with E-state index in [2.05, 4.69) is 67.2 Å². The van der Waals surface area contributed by atoms with Gasteiger partial charge in [-0.15, -0.1) is 6.58 Å². The van der Waals surface area contributed by atoms with Crippen molar-refractivity contribution in [2.45, 2.75) is 106 Å². The highest BCUT2D eigenvalue weighted by atomic mass is 14.2. The molecule has 0 bridgehead atoms. The third-order valence-corrected chi connectivity index (χ3v) is 5.61. The Morgan fingerprint density at radius 3 is 1.84 bits per heavy atom. The van der Waals surface area contributed by atoms with E-state index in [9.17, 15) is 0 Å². The minimum absolute atomic E-state index is 0.598. The molecule has 0 saturated heterocycles. The van der Waals surface area contributed by atoms with Crippen LogP contribution in [0, 0.1) is 29.6 Å². The molecule has 148 valence electrons. The molecular weight excluding hydrogens is 300 g/mol. The van der Waals surface area contributed by atoms with Gasteiger partial charge in [-0.3, -0.25) is 0 Å². The normalized spacial score (nSPS) is 16.3. The molecule has 0 heterocycles. The Morgan fingerprint density at radius 2 is 1.32 bits per heavy atom. The molecule has 0 fully saturated rings. The van der Waals surface area contributed by atoms with E-state index in [1.54, 1.807) is 5.57 Å². The van der Waals surface area contributed by atoms with E-state index in [0.29, 0.717) is 5.92 Å². The van der Waals surface area contributed by atoms with Crippen molar-refractivity contribution in [3.05, 3.63) is 24.3 Å². The van der Waals surface area contributed by atoms with Crippen molar-refractivity contribution < 1.29 is 0 Å². The van der Waals surface area contributed by atoms with Crippen LogP contribution in [-0.4, -0.2) is 0 Å². The number of allylic oxidation sites excluding steroid dienone is 3. The molecular formula is C25H48. The number of hydrogen-bond donors (Lipinski definition) is 0. The van der Waals surface area contributed by atoms with E-state index in [1.165, 1.54) is 51.4 Å². The quantitative estimate of drug-likeness (QED) is 0.259. The Labute approximate surface area is 160 Å². The third kappa shape index (κ3) is 14.3. The summed E-state index contributed by atoms with van der Waals surface area (Å²) in [5.41, 5.74) is 1.72. The fraction of sp³-hybridized carbons (Fsp3) is 0.840. The van der Waals surface area contributed by atoms with Crippen molar-refractivity contribution in [2.24, 2.45) is 29.6 Å². The molecule has 0 radical (unpaired) electrons. The zero-order valence-corrected chi connectivity index (χ0v) is 18.6. The molecule has 0 saturated carbocycles. The standard InChI is InChI=1S/C25H48/c1-9-22(6)16-18-25(24(8)15-11-13-21(4)5)19-17-23(7)14-10-12-20(2)3/h9,18,20-24H,1,10-17,19H2,2-8H3. The van der Waals surface area contributed by atoms with Crippen molar-refractivity contribution in [1.82, 2.24) is 0 Å². The third-order valence-electron chi connectivity index (χ3n) is 5.61. The van der Waals surface area contributed by atoms with Crippen LogP contribution in [0.15, 0.2) is 24.3 Å². The molecule has 0 aromatic heterocycles. The van der Waals surface area contributed by atoms with Gasteiger partial charge in [-0.2, -0.15) is 0 Å². The molecule has 0 nitrogen and oxygen atoms in total. The highest BCUT2D eigenvalue weighted by Crippen LogP contribution is 2.27. The molecule has 0 rings (SSSR count). The van der Waals surface area contributed by atoms with Gasteiger partial charge in [0.25, 0.3) is 0 Å². The zero-order chi connectivity index (χ0) is 19.2. The van der Waals surface area contributed by atoms with Crippen LogP contribution in [0.25, 0.3) is 0 Å². The van der Waals surface area contributed by atoms with Crippen LogP contribution in [0.3, 0.4) is 0 Å². The van der Waals surface area contributed by atoms with Crippen LogP contribution in [0.1, 0.15) is 106 Å². The summed E-state index contributed by atoms with van der Waals surface area (Å²) in [7, 11) is 0. The van der Waals surface area contributed by atoms with Gasteiger partial charge in [0.15, 0.2) is 0 Å². The van der Waals surface area contributed by atoms with Gasteiger partial charge >= 0.3 is 0 Å². The van der Waals surface area contributed by atoms with Gasteiger partial charge in [-0.05, 0) is 55.3 Å². The van der Waals surface area contributed by atoms with Gasteiger partial charge < -0.3 is 0 Å². The molecule has 0 aliphatic carbocycles. The number of hydrogen-bond acceptors (Lipinski definition) is 0. The molecule has 0 spiro atoms. The molecule has 0 N–H and O–H groups in total. The first-order chi connectivity index (χ1) is 11.8. The summed E-state index contributed by atoms with van der Waals surface area (Å²) in [6.45, 7) is 20.5. The number of rotatable bonds is 15. The minimum Gasteiger partial charge on any atom is -0.103 e. The SMILES string of the molecule is C=CC(C)CC=C(CCC(C)CCCC(C)C)C(C)CCCC(C)C. The van der Waals surface area contributed by atoms with E-state index in [0.717, 1.165) is 30.1 Å². The predicted octanol–water partition coefficient (Wildman–Crippen LogP) is 8.83. The van der Waals surface area contributed by atoms with E-state index < -0.39 is 0 Å². The average Bonchev–Trinajstić information content (AvgIpc) is 2.53. The van der Waals surface area contributed by atoms with Crippen molar-refractivity contribution in [1.29, 1.82) is 0 Å². The highest BCUT2D eigenvalue weighted by molar-refractivity contribution is 5.07. The lowest BCUT2D eigenvalue weighted by Crippen LogP contribution is -2.05. The summed E-state index contributed by atoms with van der Waals surface area (Å²) in [4.78, 5) is 0. The Bertz CT molecular complexity index is 347. The Hall–Kier alpha value is -0.520. The second-order valence-corrected chi connectivity index (χ2v) is 9.42. The predicted molar refractivity (Wildman–Crippen MR) is 117 cm³/mol. The lowest BCUT2D eigenvalue weighted by atomic mass is 9.86. The van der Waals surface area contributed by atoms with Crippen LogP contribution >= 0.6 is 0 Å². The lowest BCUT2D eigenvalue weighted by Gasteiger charge is -2.20. The summed E-state index contributed by atoms with van der Waals surface area (Å²) < 4.78 is 0. The van der Waals surface area contributed by atoms with Gasteiger partial charge in [-0.25, -0.2) is 0 Å². The molecule has 0 aromatic carbocycles. The monoisotopic (exact) mass is 348 g/mol. The molecule has 0 aromatic rings. The maximum atomic E-state index is 3.95. The molecule has 3 atom stereocenters. The van der Waals surface area contributed by atoms with Gasteiger partial charge in [-0.1, -0.05) is 98.3 Å². The molecule has 25 heavy (non-hydrogen) atoms. The van der Waals surface area contributed by atoms with Crippen LogP contribution in [-0.2, 0) is 0 Å². The Morgan fingerprint density at radius 1 is 0.760 bits per heavy atom. The summed E-state index contributed by atoms with van der Waals surface area (Å²) in [6.07, 6.45) is 16.7. The fourth-order valence-electron chi connectivity index (χ4n) is 3.43. The zero-order valence-electron chi connectivity index (χ0n) is 18.6. The fourth-order valence-corrected chi connectivity index (χ4v) is 3.43. The van der Waals surface area contributed by atoms with Crippen molar-refractivity contribution in [3.8, 4) is 0 Å². The van der Waals surface area contributed by atoms with Gasteiger partial charge in [0, 0.05) is 0 Å². The van der Waals surface area contributed by atoms with Crippen molar-refractivity contribution in [3.63, 3.8) is 0 Å². The molecule has 0 heteroatoms. The maximum Gasteiger partial charge on any atom is -0.0230 e. The molecule has 0 aliphatic rings. The molecule has 0 amide bonds. The summed E-state index contributed by atoms with van der Waals surface area (Å²) in [5, 5.41) is 0. The van der Waals surface area contributed by atoms with Crippen LogP contribution < -0.4 is 0 Å². The summed E-state index contributed by atoms with van der Waals surface area (Å²) in [5.74, 6) is 3.90. The van der Waals surface area contributed by atoms with Gasteiger partial charge in [0.1, 0.15) is 0 Å². The van der Waals surface area contributed by atoms with Crippen LogP contribution in [0.5, 0.6) is 0 Å². The van der Waals surface area contributed by atoms with E-state index in [4.69, 9.17) is 0 Å². The molecule has 0 aliphatic heterocycles. The van der Waals surface area contributed by atoms with Gasteiger partial charge in [0.05, 0.1) is 0 Å². The molecule has 3 unspecified atom stereocenters. The van der Waals surface area contributed by atoms with E-state index >= 15 is 0 Å². The summed E-state index contributed by atoms with van der Waals surface area (Å²) in [6, 6.07) is 0. The van der Waals surface area contributed by atoms with Crippen molar-refractivity contribution >= 4 is 0 Å². The van der Waals surface area contributed by atoms with Crippen LogP contribution in [0.2, 0.25) is 0 Å². The first-order valence-electron chi connectivity index (χ1n) is 11.1. The topological polar surface area (TPSA) is 0 Å². The van der Waals surface area contributed by atoms with Crippen LogP contribution in [0.4, 0.5) is 0 Å².